The van der Waals surface area contributed by atoms with Gasteiger partial charge in [0.2, 0.25) is 0 Å². The number of aliphatic hydroxyl groups excluding tert-OH is 1. The highest BCUT2D eigenvalue weighted by atomic mass is 19.1. The minimum absolute atomic E-state index is 0.298. The molecule has 1 N–H and O–H groups in total. The van der Waals surface area contributed by atoms with Crippen LogP contribution in [0, 0.1) is 5.82 Å². The molecule has 1 unspecified atom stereocenters. The van der Waals surface area contributed by atoms with Gasteiger partial charge in [-0.25, -0.2) is 4.39 Å². The second-order valence-corrected chi connectivity index (χ2v) is 4.83. The normalized spacial score (nSPS) is 15.4. The smallest absolute Gasteiger partial charge is 0.142 e. The van der Waals surface area contributed by atoms with Gasteiger partial charge >= 0.3 is 0 Å². The number of aliphatic hydroxyl groups is 1. The number of hydrogen-bond donors (Lipinski definition) is 1. The van der Waals surface area contributed by atoms with Crippen LogP contribution in [-0.4, -0.2) is 24.8 Å². The Morgan fingerprint density at radius 2 is 2.00 bits per heavy atom. The van der Waals surface area contributed by atoms with Crippen LogP contribution in [0.3, 0.4) is 0 Å². The fourth-order valence-corrected chi connectivity index (χ4v) is 2.42. The molecule has 0 saturated carbocycles. The van der Waals surface area contributed by atoms with Crippen molar-refractivity contribution in [3.05, 3.63) is 59.9 Å². The van der Waals surface area contributed by atoms with E-state index in [1.165, 1.54) is 12.1 Å². The summed E-state index contributed by atoms with van der Waals surface area (Å²) < 4.78 is 18.9. The molecule has 3 rings (SSSR count). The molecular formula is C16H16FNO2. The molecule has 3 nitrogen and oxygen atoms in total. The predicted octanol–water partition coefficient (Wildman–Crippen LogP) is 2.76. The molecular weight excluding hydrogens is 257 g/mol. The van der Waals surface area contributed by atoms with Gasteiger partial charge in [0, 0.05) is 12.6 Å². The number of fused-ring (bicyclic) bond motifs is 1. The Morgan fingerprint density at radius 3 is 2.80 bits per heavy atom. The average molecular weight is 273 g/mol. The number of hydrogen-bond acceptors (Lipinski definition) is 3. The Morgan fingerprint density at radius 1 is 1.20 bits per heavy atom. The van der Waals surface area contributed by atoms with E-state index in [1.54, 1.807) is 6.07 Å². The molecule has 1 atom stereocenters. The molecule has 0 aromatic heterocycles. The molecule has 0 saturated heterocycles. The third-order valence-corrected chi connectivity index (χ3v) is 3.46. The van der Waals surface area contributed by atoms with E-state index in [2.05, 4.69) is 0 Å². The van der Waals surface area contributed by atoms with Crippen LogP contribution >= 0.6 is 0 Å². The summed E-state index contributed by atoms with van der Waals surface area (Å²) in [5.74, 6) is 0.367. The SMILES string of the molecule is OC(CN1CCOc2ccc(F)cc21)c1ccccc1. The Hall–Kier alpha value is -2.07. The lowest BCUT2D eigenvalue weighted by molar-refractivity contribution is 0.179. The maximum atomic E-state index is 13.4. The summed E-state index contributed by atoms with van der Waals surface area (Å²) in [7, 11) is 0. The van der Waals surface area contributed by atoms with Crippen molar-refractivity contribution in [3.8, 4) is 5.75 Å². The third-order valence-electron chi connectivity index (χ3n) is 3.46. The van der Waals surface area contributed by atoms with E-state index in [-0.39, 0.29) is 5.82 Å². The molecule has 0 aliphatic carbocycles. The van der Waals surface area contributed by atoms with Gasteiger partial charge in [-0.2, -0.15) is 0 Å². The molecule has 1 aliphatic rings. The van der Waals surface area contributed by atoms with Crippen molar-refractivity contribution in [3.63, 3.8) is 0 Å². The van der Waals surface area contributed by atoms with Crippen molar-refractivity contribution in [2.45, 2.75) is 6.10 Å². The van der Waals surface area contributed by atoms with Crippen LogP contribution in [0.5, 0.6) is 5.75 Å². The van der Waals surface area contributed by atoms with Gasteiger partial charge in [-0.15, -0.1) is 0 Å². The monoisotopic (exact) mass is 273 g/mol. The van der Waals surface area contributed by atoms with Crippen molar-refractivity contribution in [2.75, 3.05) is 24.6 Å². The zero-order chi connectivity index (χ0) is 13.9. The number of β-amino-alcohol motifs (C(OH)–C–C–N with tert-alkyl or cyclic N) is 1. The van der Waals surface area contributed by atoms with Gasteiger partial charge in [0.1, 0.15) is 18.2 Å². The molecule has 0 bridgehead atoms. The zero-order valence-corrected chi connectivity index (χ0v) is 11.0. The fraction of sp³-hybridized carbons (Fsp3) is 0.250. The van der Waals surface area contributed by atoms with Gasteiger partial charge in [0.05, 0.1) is 18.3 Å². The van der Waals surface area contributed by atoms with Crippen LogP contribution in [-0.2, 0) is 0 Å². The minimum atomic E-state index is -0.606. The molecule has 20 heavy (non-hydrogen) atoms. The van der Waals surface area contributed by atoms with Crippen molar-refractivity contribution in [1.29, 1.82) is 0 Å². The van der Waals surface area contributed by atoms with Gasteiger partial charge in [-0.1, -0.05) is 30.3 Å². The van der Waals surface area contributed by atoms with E-state index in [1.807, 2.05) is 35.2 Å². The number of ether oxygens (including phenoxy) is 1. The molecule has 0 spiro atoms. The summed E-state index contributed by atoms with van der Waals surface area (Å²) in [5.41, 5.74) is 1.56. The number of halogens is 1. The Bertz CT molecular complexity index is 588. The van der Waals surface area contributed by atoms with Crippen LogP contribution in [0.1, 0.15) is 11.7 Å². The largest absolute Gasteiger partial charge is 0.490 e. The first-order chi connectivity index (χ1) is 9.74. The first-order valence-electron chi connectivity index (χ1n) is 6.64. The average Bonchev–Trinajstić information content (AvgIpc) is 2.49. The Labute approximate surface area is 117 Å². The van der Waals surface area contributed by atoms with E-state index in [9.17, 15) is 9.50 Å². The summed E-state index contributed by atoms with van der Waals surface area (Å²) in [4.78, 5) is 1.96. The molecule has 0 radical (unpaired) electrons. The topological polar surface area (TPSA) is 32.7 Å². The van der Waals surface area contributed by atoms with E-state index in [4.69, 9.17) is 4.74 Å². The quantitative estimate of drug-likeness (QED) is 0.933. The minimum Gasteiger partial charge on any atom is -0.490 e. The molecule has 1 aliphatic heterocycles. The van der Waals surface area contributed by atoms with Crippen LogP contribution in [0.15, 0.2) is 48.5 Å². The molecule has 1 heterocycles. The molecule has 0 amide bonds. The molecule has 2 aromatic carbocycles. The number of anilines is 1. The van der Waals surface area contributed by atoms with Gasteiger partial charge in [0.25, 0.3) is 0 Å². The highest BCUT2D eigenvalue weighted by Gasteiger charge is 2.21. The number of benzene rings is 2. The molecule has 0 fully saturated rings. The second-order valence-electron chi connectivity index (χ2n) is 4.83. The van der Waals surface area contributed by atoms with Crippen LogP contribution in [0.4, 0.5) is 10.1 Å². The fourth-order valence-electron chi connectivity index (χ4n) is 2.42. The summed E-state index contributed by atoms with van der Waals surface area (Å²) in [6.07, 6.45) is -0.606. The lowest BCUT2D eigenvalue weighted by Gasteiger charge is -2.32. The van der Waals surface area contributed by atoms with Gasteiger partial charge < -0.3 is 14.7 Å². The van der Waals surface area contributed by atoms with Crippen LogP contribution in [0.25, 0.3) is 0 Å². The number of rotatable bonds is 3. The lowest BCUT2D eigenvalue weighted by Crippen LogP contribution is -2.36. The van der Waals surface area contributed by atoms with Crippen molar-refractivity contribution < 1.29 is 14.2 Å². The highest BCUT2D eigenvalue weighted by molar-refractivity contribution is 5.60. The lowest BCUT2D eigenvalue weighted by atomic mass is 10.1. The first kappa shape index (κ1) is 12.9. The first-order valence-corrected chi connectivity index (χ1v) is 6.64. The number of nitrogens with zero attached hydrogens (tertiary/aromatic N) is 1. The van der Waals surface area contributed by atoms with Crippen molar-refractivity contribution in [2.24, 2.45) is 0 Å². The molecule has 104 valence electrons. The summed E-state index contributed by atoms with van der Waals surface area (Å²) in [6.45, 7) is 1.60. The highest BCUT2D eigenvalue weighted by Crippen LogP contribution is 2.33. The van der Waals surface area contributed by atoms with E-state index in [0.717, 1.165) is 5.56 Å². The standard InChI is InChI=1S/C16H16FNO2/c17-13-6-7-16-14(10-13)18(8-9-20-16)11-15(19)12-4-2-1-3-5-12/h1-7,10,15,19H,8-9,11H2. The van der Waals surface area contributed by atoms with E-state index < -0.39 is 6.10 Å². The van der Waals surface area contributed by atoms with Gasteiger partial charge in [0.15, 0.2) is 0 Å². The summed E-state index contributed by atoms with van der Waals surface area (Å²) >= 11 is 0. The van der Waals surface area contributed by atoms with Gasteiger partial charge in [-0.05, 0) is 17.7 Å². The maximum Gasteiger partial charge on any atom is 0.142 e. The molecule has 2 aromatic rings. The van der Waals surface area contributed by atoms with Crippen molar-refractivity contribution >= 4 is 5.69 Å². The Balaban J connectivity index is 1.81. The van der Waals surface area contributed by atoms with Gasteiger partial charge in [-0.3, -0.25) is 0 Å². The maximum absolute atomic E-state index is 13.4. The third kappa shape index (κ3) is 2.60. The summed E-state index contributed by atoms with van der Waals surface area (Å²) in [6, 6.07) is 13.9. The van der Waals surface area contributed by atoms with E-state index >= 15 is 0 Å². The zero-order valence-electron chi connectivity index (χ0n) is 11.0. The van der Waals surface area contributed by atoms with Crippen LogP contribution < -0.4 is 9.64 Å². The summed E-state index contributed by atoms with van der Waals surface area (Å²) in [5, 5.41) is 10.3. The van der Waals surface area contributed by atoms with E-state index in [0.29, 0.717) is 31.1 Å². The predicted molar refractivity (Wildman–Crippen MR) is 75.5 cm³/mol. The Kier molecular flexibility index (Phi) is 3.56. The molecule has 4 heteroatoms. The van der Waals surface area contributed by atoms with Crippen LogP contribution in [0.2, 0.25) is 0 Å². The second kappa shape index (κ2) is 5.51. The van der Waals surface area contributed by atoms with Crippen molar-refractivity contribution in [1.82, 2.24) is 0 Å².